The van der Waals surface area contributed by atoms with Gasteiger partial charge < -0.3 is 16.3 Å². The lowest BCUT2D eigenvalue weighted by atomic mass is 10.2. The normalized spacial score (nSPS) is 11.2. The van der Waals surface area contributed by atoms with Gasteiger partial charge in [-0.2, -0.15) is 0 Å². The van der Waals surface area contributed by atoms with Gasteiger partial charge in [-0.25, -0.2) is 0 Å². The quantitative estimate of drug-likeness (QED) is 0.346. The minimum atomic E-state index is -0.296. The van der Waals surface area contributed by atoms with Crippen LogP contribution in [-0.4, -0.2) is 21.9 Å². The molecule has 0 aliphatic carbocycles. The summed E-state index contributed by atoms with van der Waals surface area (Å²) in [5.41, 5.74) is 6.97. The first-order valence-electron chi connectivity index (χ1n) is 5.60. The van der Waals surface area contributed by atoms with Crippen molar-refractivity contribution in [3.05, 3.63) is 58.3 Å². The summed E-state index contributed by atoms with van der Waals surface area (Å²) in [7, 11) is 0. The molecule has 0 spiro atoms. The van der Waals surface area contributed by atoms with E-state index in [1.807, 2.05) is 0 Å². The highest BCUT2D eigenvalue weighted by Gasteiger charge is 2.08. The number of carbonyl (C=O) groups is 1. The first-order chi connectivity index (χ1) is 9.60. The number of aromatic nitrogens is 1. The Morgan fingerprint density at radius 2 is 2.10 bits per heavy atom. The van der Waals surface area contributed by atoms with E-state index in [9.17, 15) is 4.79 Å². The zero-order valence-corrected chi connectivity index (χ0v) is 11.8. The average Bonchev–Trinajstić information content (AvgIpc) is 2.46. The Morgan fingerprint density at radius 3 is 2.80 bits per heavy atom. The number of nitrogens with zero attached hydrogens (tertiary/aromatic N) is 2. The highest BCUT2D eigenvalue weighted by atomic mass is 79.9. The summed E-state index contributed by atoms with van der Waals surface area (Å²) >= 11 is 3.25. The number of anilines is 1. The fourth-order valence-corrected chi connectivity index (χ4v) is 1.92. The Bertz CT molecular complexity index is 673. The van der Waals surface area contributed by atoms with Crippen molar-refractivity contribution < 1.29 is 10.0 Å². The summed E-state index contributed by atoms with van der Waals surface area (Å²) in [5, 5.41) is 14.3. The van der Waals surface area contributed by atoms with Crippen molar-refractivity contribution in [2.24, 2.45) is 10.9 Å². The van der Waals surface area contributed by atoms with Gasteiger partial charge in [0.1, 0.15) is 0 Å². The van der Waals surface area contributed by atoms with Gasteiger partial charge in [0.05, 0.1) is 5.56 Å². The Labute approximate surface area is 123 Å². The molecule has 0 unspecified atom stereocenters. The predicted octanol–water partition coefficient (Wildman–Crippen LogP) is 2.19. The lowest BCUT2D eigenvalue weighted by Gasteiger charge is -2.07. The summed E-state index contributed by atoms with van der Waals surface area (Å²) in [4.78, 5) is 16.0. The number of hydrogen-bond donors (Lipinski definition) is 3. The van der Waals surface area contributed by atoms with Crippen molar-refractivity contribution in [3.63, 3.8) is 0 Å². The maximum atomic E-state index is 12.0. The Balaban J connectivity index is 2.20. The van der Waals surface area contributed by atoms with Crippen LogP contribution < -0.4 is 11.1 Å². The summed E-state index contributed by atoms with van der Waals surface area (Å²) in [6, 6.07) is 8.35. The zero-order valence-electron chi connectivity index (χ0n) is 10.2. The molecule has 102 valence electrons. The lowest BCUT2D eigenvalue weighted by molar-refractivity contribution is 0.102. The summed E-state index contributed by atoms with van der Waals surface area (Å²) < 4.78 is 0.718. The van der Waals surface area contributed by atoms with Gasteiger partial charge in [-0.3, -0.25) is 9.78 Å². The largest absolute Gasteiger partial charge is 0.409 e. The third-order valence-corrected chi connectivity index (χ3v) is 2.92. The van der Waals surface area contributed by atoms with Crippen molar-refractivity contribution in [1.82, 2.24) is 4.98 Å². The van der Waals surface area contributed by atoms with E-state index < -0.39 is 0 Å². The molecule has 0 atom stereocenters. The molecule has 1 aromatic heterocycles. The number of carbonyl (C=O) groups excluding carboxylic acids is 1. The van der Waals surface area contributed by atoms with E-state index in [-0.39, 0.29) is 11.7 Å². The van der Waals surface area contributed by atoms with Gasteiger partial charge in [-0.1, -0.05) is 17.3 Å². The van der Waals surface area contributed by atoms with Crippen molar-refractivity contribution in [2.45, 2.75) is 0 Å². The molecular formula is C13H11BrN4O2. The average molecular weight is 335 g/mol. The molecule has 2 rings (SSSR count). The molecule has 0 radical (unpaired) electrons. The monoisotopic (exact) mass is 334 g/mol. The zero-order chi connectivity index (χ0) is 14.5. The molecule has 20 heavy (non-hydrogen) atoms. The van der Waals surface area contributed by atoms with Crippen LogP contribution in [0.4, 0.5) is 5.69 Å². The van der Waals surface area contributed by atoms with Gasteiger partial charge in [-0.15, -0.1) is 0 Å². The molecule has 2 aromatic rings. The van der Waals surface area contributed by atoms with Crippen molar-refractivity contribution >= 4 is 33.4 Å². The molecule has 0 aliphatic rings. The van der Waals surface area contributed by atoms with Crippen LogP contribution in [-0.2, 0) is 0 Å². The van der Waals surface area contributed by atoms with Crippen LogP contribution in [0.1, 0.15) is 15.9 Å². The van der Waals surface area contributed by atoms with Crippen LogP contribution in [0.3, 0.4) is 0 Å². The number of amides is 1. The molecule has 0 bridgehead atoms. The number of benzene rings is 1. The molecule has 1 aromatic carbocycles. The van der Waals surface area contributed by atoms with E-state index in [2.05, 4.69) is 31.4 Å². The molecule has 0 saturated carbocycles. The van der Waals surface area contributed by atoms with Crippen LogP contribution in [0.25, 0.3) is 0 Å². The predicted molar refractivity (Wildman–Crippen MR) is 78.8 cm³/mol. The van der Waals surface area contributed by atoms with E-state index in [0.717, 1.165) is 4.47 Å². The SMILES string of the molecule is N/C(=N/O)c1cccc(NC(=O)c2cncc(Br)c2)c1. The number of rotatable bonds is 3. The van der Waals surface area contributed by atoms with Crippen molar-refractivity contribution in [2.75, 3.05) is 5.32 Å². The molecule has 0 saturated heterocycles. The number of pyridine rings is 1. The van der Waals surface area contributed by atoms with Gasteiger partial charge in [0.25, 0.3) is 5.91 Å². The van der Waals surface area contributed by atoms with Gasteiger partial charge in [0, 0.05) is 28.1 Å². The van der Waals surface area contributed by atoms with Crippen LogP contribution >= 0.6 is 15.9 Å². The third-order valence-electron chi connectivity index (χ3n) is 2.49. The lowest BCUT2D eigenvalue weighted by Crippen LogP contribution is -2.15. The Kier molecular flexibility index (Phi) is 4.31. The van der Waals surface area contributed by atoms with Crippen LogP contribution in [0, 0.1) is 0 Å². The summed E-state index contributed by atoms with van der Waals surface area (Å²) in [5.74, 6) is -0.319. The first-order valence-corrected chi connectivity index (χ1v) is 6.39. The van der Waals surface area contributed by atoms with Crippen LogP contribution in [0.5, 0.6) is 0 Å². The minimum Gasteiger partial charge on any atom is -0.409 e. The van der Waals surface area contributed by atoms with Gasteiger partial charge in [-0.05, 0) is 34.1 Å². The maximum Gasteiger partial charge on any atom is 0.257 e. The second-order valence-electron chi connectivity index (χ2n) is 3.91. The second kappa shape index (κ2) is 6.16. The van der Waals surface area contributed by atoms with E-state index in [0.29, 0.717) is 16.8 Å². The fourth-order valence-electron chi connectivity index (χ4n) is 1.55. The van der Waals surface area contributed by atoms with Crippen molar-refractivity contribution in [1.29, 1.82) is 0 Å². The summed E-state index contributed by atoms with van der Waals surface area (Å²) in [6.07, 6.45) is 3.06. The molecular weight excluding hydrogens is 324 g/mol. The highest BCUT2D eigenvalue weighted by Crippen LogP contribution is 2.14. The van der Waals surface area contributed by atoms with Crippen LogP contribution in [0.15, 0.2) is 52.4 Å². The van der Waals surface area contributed by atoms with Crippen molar-refractivity contribution in [3.8, 4) is 0 Å². The molecule has 6 nitrogen and oxygen atoms in total. The minimum absolute atomic E-state index is 0.0229. The van der Waals surface area contributed by atoms with Crippen LogP contribution in [0.2, 0.25) is 0 Å². The third kappa shape index (κ3) is 3.33. The van der Waals surface area contributed by atoms with E-state index in [1.54, 1.807) is 36.5 Å². The number of hydrogen-bond acceptors (Lipinski definition) is 4. The van der Waals surface area contributed by atoms with Gasteiger partial charge in [0.2, 0.25) is 0 Å². The molecule has 1 heterocycles. The smallest absolute Gasteiger partial charge is 0.257 e. The molecule has 4 N–H and O–H groups in total. The second-order valence-corrected chi connectivity index (χ2v) is 4.83. The van der Waals surface area contributed by atoms with E-state index in [4.69, 9.17) is 10.9 Å². The van der Waals surface area contributed by atoms with Gasteiger partial charge >= 0.3 is 0 Å². The number of nitrogens with two attached hydrogens (primary N) is 1. The molecule has 7 heteroatoms. The number of amidine groups is 1. The number of halogens is 1. The number of nitrogens with one attached hydrogen (secondary N) is 1. The molecule has 1 amide bonds. The maximum absolute atomic E-state index is 12.0. The first kappa shape index (κ1) is 14.0. The highest BCUT2D eigenvalue weighted by molar-refractivity contribution is 9.10. The standard InChI is InChI=1S/C13H11BrN4O2/c14-10-4-9(6-16-7-10)13(19)17-11-3-1-2-8(5-11)12(15)18-20/h1-7,20H,(H2,15,18)(H,17,19). The summed E-state index contributed by atoms with van der Waals surface area (Å²) in [6.45, 7) is 0. The Morgan fingerprint density at radius 1 is 1.30 bits per heavy atom. The number of oxime groups is 1. The topological polar surface area (TPSA) is 101 Å². The molecule has 0 aliphatic heterocycles. The molecule has 0 fully saturated rings. The van der Waals surface area contributed by atoms with E-state index in [1.165, 1.54) is 6.20 Å². The van der Waals surface area contributed by atoms with Gasteiger partial charge in [0.15, 0.2) is 5.84 Å². The van der Waals surface area contributed by atoms with E-state index >= 15 is 0 Å². The fraction of sp³-hybridized carbons (Fsp3) is 0. The Hall–Kier alpha value is -2.41.